The van der Waals surface area contributed by atoms with Crippen molar-refractivity contribution < 1.29 is 9.90 Å². The van der Waals surface area contributed by atoms with Gasteiger partial charge < -0.3 is 10.0 Å². The lowest BCUT2D eigenvalue weighted by molar-refractivity contribution is 0.0702. The van der Waals surface area contributed by atoms with Gasteiger partial charge in [0.1, 0.15) is 4.88 Å². The van der Waals surface area contributed by atoms with Crippen molar-refractivity contribution in [2.75, 3.05) is 18.0 Å². The van der Waals surface area contributed by atoms with E-state index in [2.05, 4.69) is 16.8 Å². The van der Waals surface area contributed by atoms with Gasteiger partial charge in [-0.25, -0.2) is 9.78 Å². The van der Waals surface area contributed by atoms with Gasteiger partial charge in [-0.05, 0) is 18.8 Å². The average molecular weight is 226 g/mol. The maximum absolute atomic E-state index is 10.7. The standard InChI is InChI=1S/C10H14N2O2S/c1-7-2-4-12(5-3-7)10-11-6-8(15-10)9(13)14/h6-7H,2-5H2,1H3,(H,13,14). The van der Waals surface area contributed by atoms with Crippen LogP contribution in [0.15, 0.2) is 6.20 Å². The highest BCUT2D eigenvalue weighted by molar-refractivity contribution is 7.17. The number of nitrogens with zero attached hydrogens (tertiary/aromatic N) is 2. The first-order valence-electron chi connectivity index (χ1n) is 5.11. The summed E-state index contributed by atoms with van der Waals surface area (Å²) in [7, 11) is 0. The van der Waals surface area contributed by atoms with Gasteiger partial charge in [-0.3, -0.25) is 0 Å². The van der Waals surface area contributed by atoms with E-state index in [0.717, 1.165) is 24.1 Å². The second-order valence-electron chi connectivity index (χ2n) is 3.98. The highest BCUT2D eigenvalue weighted by atomic mass is 32.1. The molecule has 0 spiro atoms. The second kappa shape index (κ2) is 4.18. The maximum Gasteiger partial charge on any atom is 0.347 e. The molecular formula is C10H14N2O2S. The van der Waals surface area contributed by atoms with Crippen molar-refractivity contribution in [2.45, 2.75) is 19.8 Å². The lowest BCUT2D eigenvalue weighted by Gasteiger charge is -2.29. The molecule has 0 amide bonds. The lowest BCUT2D eigenvalue weighted by Crippen LogP contribution is -2.32. The molecule has 0 radical (unpaired) electrons. The third-order valence-electron chi connectivity index (χ3n) is 2.76. The molecule has 1 aromatic rings. The van der Waals surface area contributed by atoms with Crippen LogP contribution in [0.2, 0.25) is 0 Å². The minimum atomic E-state index is -0.885. The van der Waals surface area contributed by atoms with Crippen LogP contribution in [-0.2, 0) is 0 Å². The summed E-state index contributed by atoms with van der Waals surface area (Å²) >= 11 is 1.26. The predicted octanol–water partition coefficient (Wildman–Crippen LogP) is 2.08. The van der Waals surface area contributed by atoms with Crippen LogP contribution in [-0.4, -0.2) is 29.1 Å². The van der Waals surface area contributed by atoms with Crippen molar-refractivity contribution >= 4 is 22.4 Å². The molecule has 1 aliphatic heterocycles. The van der Waals surface area contributed by atoms with Crippen molar-refractivity contribution in [2.24, 2.45) is 5.92 Å². The van der Waals surface area contributed by atoms with Crippen LogP contribution in [0.4, 0.5) is 5.13 Å². The number of carboxylic acids is 1. The Morgan fingerprint density at radius 1 is 1.60 bits per heavy atom. The Morgan fingerprint density at radius 3 is 2.80 bits per heavy atom. The van der Waals surface area contributed by atoms with Crippen LogP contribution in [0.25, 0.3) is 0 Å². The number of aromatic carboxylic acids is 1. The van der Waals surface area contributed by atoms with Gasteiger partial charge in [0, 0.05) is 13.1 Å². The van der Waals surface area contributed by atoms with Gasteiger partial charge in [0.15, 0.2) is 5.13 Å². The first kappa shape index (κ1) is 10.4. The fourth-order valence-corrected chi connectivity index (χ4v) is 2.52. The number of hydrogen-bond acceptors (Lipinski definition) is 4. The average Bonchev–Trinajstić information content (AvgIpc) is 2.68. The second-order valence-corrected chi connectivity index (χ2v) is 4.99. The summed E-state index contributed by atoms with van der Waals surface area (Å²) < 4.78 is 0. The highest BCUT2D eigenvalue weighted by Gasteiger charge is 2.19. The Kier molecular flexibility index (Phi) is 2.90. The zero-order chi connectivity index (χ0) is 10.8. The molecule has 4 nitrogen and oxygen atoms in total. The Bertz CT molecular complexity index is 356. The van der Waals surface area contributed by atoms with E-state index < -0.39 is 5.97 Å². The Hall–Kier alpha value is -1.10. The molecule has 1 saturated heterocycles. The van der Waals surface area contributed by atoms with E-state index in [1.165, 1.54) is 30.4 Å². The zero-order valence-electron chi connectivity index (χ0n) is 8.64. The van der Waals surface area contributed by atoms with Gasteiger partial charge in [-0.1, -0.05) is 18.3 Å². The van der Waals surface area contributed by atoms with Gasteiger partial charge in [-0.15, -0.1) is 0 Å². The topological polar surface area (TPSA) is 53.4 Å². The van der Waals surface area contributed by atoms with E-state index in [0.29, 0.717) is 4.88 Å². The summed E-state index contributed by atoms with van der Waals surface area (Å²) in [6, 6.07) is 0. The quantitative estimate of drug-likeness (QED) is 0.838. The normalized spacial score (nSPS) is 18.1. The molecule has 1 aromatic heterocycles. The highest BCUT2D eigenvalue weighted by Crippen LogP contribution is 2.26. The number of hydrogen-bond donors (Lipinski definition) is 1. The minimum Gasteiger partial charge on any atom is -0.477 e. The van der Waals surface area contributed by atoms with Crippen molar-refractivity contribution in [3.63, 3.8) is 0 Å². The van der Waals surface area contributed by atoms with E-state index in [4.69, 9.17) is 5.11 Å². The van der Waals surface area contributed by atoms with E-state index in [1.807, 2.05) is 0 Å². The number of carbonyl (C=O) groups is 1. The van der Waals surface area contributed by atoms with Gasteiger partial charge in [-0.2, -0.15) is 0 Å². The molecule has 2 heterocycles. The molecule has 0 saturated carbocycles. The summed E-state index contributed by atoms with van der Waals surface area (Å²) in [4.78, 5) is 17.4. The number of carboxylic acid groups (broad SMARTS) is 1. The lowest BCUT2D eigenvalue weighted by atomic mass is 10.00. The third-order valence-corrected chi connectivity index (χ3v) is 3.80. The van der Waals surface area contributed by atoms with Crippen LogP contribution in [0.3, 0.4) is 0 Å². The number of anilines is 1. The first-order valence-corrected chi connectivity index (χ1v) is 5.92. The van der Waals surface area contributed by atoms with E-state index in [-0.39, 0.29) is 0 Å². The van der Waals surface area contributed by atoms with Crippen LogP contribution in [0.5, 0.6) is 0 Å². The van der Waals surface area contributed by atoms with Crippen molar-refractivity contribution in [3.8, 4) is 0 Å². The molecule has 0 aromatic carbocycles. The van der Waals surface area contributed by atoms with E-state index in [1.54, 1.807) is 0 Å². The molecule has 1 N–H and O–H groups in total. The van der Waals surface area contributed by atoms with Gasteiger partial charge in [0.05, 0.1) is 6.20 Å². The third kappa shape index (κ3) is 2.28. The number of aromatic nitrogens is 1. The largest absolute Gasteiger partial charge is 0.477 e. The molecule has 0 aliphatic carbocycles. The van der Waals surface area contributed by atoms with Crippen LogP contribution in [0.1, 0.15) is 29.4 Å². The summed E-state index contributed by atoms with van der Waals surface area (Å²) in [5.41, 5.74) is 0. The molecular weight excluding hydrogens is 212 g/mol. The molecule has 2 rings (SSSR count). The Labute approximate surface area is 92.6 Å². The van der Waals surface area contributed by atoms with E-state index >= 15 is 0 Å². The molecule has 0 unspecified atom stereocenters. The minimum absolute atomic E-state index is 0.323. The molecule has 15 heavy (non-hydrogen) atoms. The van der Waals surface area contributed by atoms with Crippen molar-refractivity contribution in [1.29, 1.82) is 0 Å². The number of rotatable bonds is 2. The van der Waals surface area contributed by atoms with Crippen LogP contribution in [0, 0.1) is 5.92 Å². The summed E-state index contributed by atoms with van der Waals surface area (Å²) in [5.74, 6) is -0.107. The fraction of sp³-hybridized carbons (Fsp3) is 0.600. The summed E-state index contributed by atoms with van der Waals surface area (Å²) in [6.45, 7) is 4.24. The SMILES string of the molecule is CC1CCN(c2ncc(C(=O)O)s2)CC1. The van der Waals surface area contributed by atoms with E-state index in [9.17, 15) is 4.79 Å². The summed E-state index contributed by atoms with van der Waals surface area (Å²) in [5, 5.41) is 9.64. The molecule has 82 valence electrons. The van der Waals surface area contributed by atoms with Crippen LogP contribution < -0.4 is 4.90 Å². The van der Waals surface area contributed by atoms with Gasteiger partial charge in [0.2, 0.25) is 0 Å². The molecule has 1 fully saturated rings. The van der Waals surface area contributed by atoms with Gasteiger partial charge >= 0.3 is 5.97 Å². The van der Waals surface area contributed by atoms with Crippen molar-refractivity contribution in [1.82, 2.24) is 4.98 Å². The molecule has 0 atom stereocenters. The monoisotopic (exact) mass is 226 g/mol. The Balaban J connectivity index is 2.06. The zero-order valence-corrected chi connectivity index (χ0v) is 9.46. The Morgan fingerprint density at radius 2 is 2.27 bits per heavy atom. The molecule has 5 heteroatoms. The maximum atomic E-state index is 10.7. The summed E-state index contributed by atoms with van der Waals surface area (Å²) in [6.07, 6.45) is 3.78. The first-order chi connectivity index (χ1) is 7.16. The number of thiazole rings is 1. The fourth-order valence-electron chi connectivity index (χ4n) is 1.71. The van der Waals surface area contributed by atoms with Crippen LogP contribution >= 0.6 is 11.3 Å². The predicted molar refractivity (Wildman–Crippen MR) is 59.7 cm³/mol. The number of piperidine rings is 1. The molecule has 1 aliphatic rings. The van der Waals surface area contributed by atoms with Gasteiger partial charge in [0.25, 0.3) is 0 Å². The van der Waals surface area contributed by atoms with Crippen molar-refractivity contribution in [3.05, 3.63) is 11.1 Å². The molecule has 0 bridgehead atoms. The smallest absolute Gasteiger partial charge is 0.347 e.